The molecule has 0 aliphatic rings. The average Bonchev–Trinajstić information content (AvgIpc) is 2.03. The van der Waals surface area contributed by atoms with E-state index in [4.69, 9.17) is 0 Å². The highest BCUT2D eigenvalue weighted by Gasteiger charge is 2.29. The minimum Gasteiger partial charge on any atom is -0.463 e. The zero-order valence-corrected chi connectivity index (χ0v) is 6.54. The molecule has 0 aromatic heterocycles. The highest BCUT2D eigenvalue weighted by molar-refractivity contribution is 5.84. The van der Waals surface area contributed by atoms with Crippen LogP contribution in [0.25, 0.3) is 0 Å². The summed E-state index contributed by atoms with van der Waals surface area (Å²) < 4.78 is 4.56. The van der Waals surface area contributed by atoms with Crippen LogP contribution in [0, 0.1) is 0 Å². The summed E-state index contributed by atoms with van der Waals surface area (Å²) in [5.74, 6) is -0.745. The number of rotatable bonds is 4. The van der Waals surface area contributed by atoms with Crippen molar-refractivity contribution in [2.45, 2.75) is 12.5 Å². The van der Waals surface area contributed by atoms with E-state index in [1.54, 1.807) is 6.92 Å². The van der Waals surface area contributed by atoms with Crippen LogP contribution in [0.3, 0.4) is 0 Å². The van der Waals surface area contributed by atoms with E-state index in [0.717, 1.165) is 12.2 Å². The van der Waals surface area contributed by atoms with E-state index in [0.29, 0.717) is 0 Å². The normalized spacial score (nSPS) is 10.4. The van der Waals surface area contributed by atoms with Crippen molar-refractivity contribution in [2.75, 3.05) is 6.61 Å². The zero-order chi connectivity index (χ0) is 8.91. The molecule has 0 aliphatic heterocycles. The van der Waals surface area contributed by atoms with Crippen molar-refractivity contribution >= 4 is 5.97 Å². The van der Waals surface area contributed by atoms with Gasteiger partial charge in [-0.15, -0.1) is 0 Å². The molecule has 1 N–H and O–H groups in total. The van der Waals surface area contributed by atoms with Gasteiger partial charge in [0.25, 0.3) is 0 Å². The van der Waals surface area contributed by atoms with Crippen LogP contribution in [0.2, 0.25) is 0 Å². The second-order valence-electron chi connectivity index (χ2n) is 1.95. The maximum Gasteiger partial charge on any atom is 0.346 e. The highest BCUT2D eigenvalue weighted by atomic mass is 16.5. The van der Waals surface area contributed by atoms with Crippen LogP contribution in [0.1, 0.15) is 6.92 Å². The summed E-state index contributed by atoms with van der Waals surface area (Å²) in [5, 5.41) is 9.32. The number of ether oxygens (including phenoxy) is 1. The number of esters is 1. The fourth-order valence-electron chi connectivity index (χ4n) is 0.497. The molecule has 0 fully saturated rings. The molecule has 3 nitrogen and oxygen atoms in total. The van der Waals surface area contributed by atoms with E-state index in [-0.39, 0.29) is 6.61 Å². The first-order chi connectivity index (χ1) is 5.10. The van der Waals surface area contributed by atoms with Crippen LogP contribution < -0.4 is 0 Å². The van der Waals surface area contributed by atoms with Crippen LogP contribution in [0.5, 0.6) is 0 Å². The lowest BCUT2D eigenvalue weighted by Crippen LogP contribution is -2.35. The summed E-state index contributed by atoms with van der Waals surface area (Å²) in [4.78, 5) is 10.9. The monoisotopic (exact) mass is 156 g/mol. The molecule has 0 atom stereocenters. The first-order valence-corrected chi connectivity index (χ1v) is 3.27. The molecular weight excluding hydrogens is 144 g/mol. The highest BCUT2D eigenvalue weighted by Crippen LogP contribution is 2.09. The smallest absolute Gasteiger partial charge is 0.346 e. The van der Waals surface area contributed by atoms with Gasteiger partial charge in [-0.2, -0.15) is 0 Å². The van der Waals surface area contributed by atoms with Crippen molar-refractivity contribution in [3.63, 3.8) is 0 Å². The lowest BCUT2D eigenvalue weighted by atomic mass is 10.1. The molecule has 0 bridgehead atoms. The van der Waals surface area contributed by atoms with Crippen molar-refractivity contribution in [1.29, 1.82) is 0 Å². The Bertz CT molecular complexity index is 164. The van der Waals surface area contributed by atoms with Crippen molar-refractivity contribution in [1.82, 2.24) is 0 Å². The predicted molar refractivity (Wildman–Crippen MR) is 42.0 cm³/mol. The van der Waals surface area contributed by atoms with Crippen molar-refractivity contribution < 1.29 is 14.6 Å². The first-order valence-electron chi connectivity index (χ1n) is 3.27. The van der Waals surface area contributed by atoms with Crippen molar-refractivity contribution in [2.24, 2.45) is 0 Å². The Morgan fingerprint density at radius 1 is 1.64 bits per heavy atom. The molecular formula is C8H12O3. The Hall–Kier alpha value is -1.09. The molecule has 0 unspecified atom stereocenters. The predicted octanol–water partition coefficient (Wildman–Crippen LogP) is 0.653. The topological polar surface area (TPSA) is 46.5 Å². The average molecular weight is 156 g/mol. The Balaban J connectivity index is 4.36. The molecule has 0 rings (SSSR count). The Morgan fingerprint density at radius 2 is 2.09 bits per heavy atom. The number of carbonyl (C=O) groups is 1. The molecule has 0 saturated carbocycles. The van der Waals surface area contributed by atoms with Gasteiger partial charge in [-0.25, -0.2) is 4.79 Å². The van der Waals surface area contributed by atoms with E-state index in [2.05, 4.69) is 17.9 Å². The Kier molecular flexibility index (Phi) is 3.54. The van der Waals surface area contributed by atoms with Gasteiger partial charge in [0.2, 0.25) is 0 Å². The standard InChI is InChI=1S/C8H12O3/c1-4-8(10,5-2)7(9)11-6-3/h4-5,10H,1-2,6H2,3H3. The van der Waals surface area contributed by atoms with Crippen molar-refractivity contribution in [3.8, 4) is 0 Å². The van der Waals surface area contributed by atoms with Gasteiger partial charge < -0.3 is 9.84 Å². The van der Waals surface area contributed by atoms with Gasteiger partial charge in [0.15, 0.2) is 5.60 Å². The minimum atomic E-state index is -1.74. The van der Waals surface area contributed by atoms with Crippen molar-refractivity contribution in [3.05, 3.63) is 25.3 Å². The number of hydrogen-bond acceptors (Lipinski definition) is 3. The molecule has 0 aromatic rings. The molecule has 0 saturated heterocycles. The summed E-state index contributed by atoms with van der Waals surface area (Å²) in [6.45, 7) is 8.45. The maximum absolute atomic E-state index is 10.9. The summed E-state index contributed by atoms with van der Waals surface area (Å²) >= 11 is 0. The second-order valence-corrected chi connectivity index (χ2v) is 1.95. The fourth-order valence-corrected chi connectivity index (χ4v) is 0.497. The van der Waals surface area contributed by atoms with Crippen LogP contribution in [0.15, 0.2) is 25.3 Å². The largest absolute Gasteiger partial charge is 0.463 e. The summed E-state index contributed by atoms with van der Waals surface area (Å²) in [6, 6.07) is 0. The minimum absolute atomic E-state index is 0.225. The third-order valence-corrected chi connectivity index (χ3v) is 1.22. The molecule has 0 aliphatic carbocycles. The van der Waals surface area contributed by atoms with Gasteiger partial charge in [-0.3, -0.25) is 0 Å². The molecule has 0 amide bonds. The summed E-state index contributed by atoms with van der Waals surface area (Å²) in [5.41, 5.74) is -1.74. The van der Waals surface area contributed by atoms with Gasteiger partial charge in [0.1, 0.15) is 0 Å². The molecule has 3 heteroatoms. The van der Waals surface area contributed by atoms with E-state index in [1.807, 2.05) is 0 Å². The molecule has 0 spiro atoms. The van der Waals surface area contributed by atoms with Crippen LogP contribution in [-0.4, -0.2) is 23.3 Å². The van der Waals surface area contributed by atoms with E-state index < -0.39 is 11.6 Å². The lowest BCUT2D eigenvalue weighted by Gasteiger charge is -2.16. The first kappa shape index (κ1) is 9.91. The molecule has 0 heterocycles. The summed E-state index contributed by atoms with van der Waals surface area (Å²) in [7, 11) is 0. The number of aliphatic hydroxyl groups is 1. The van der Waals surface area contributed by atoms with E-state index >= 15 is 0 Å². The van der Waals surface area contributed by atoms with Crippen LogP contribution in [0.4, 0.5) is 0 Å². The van der Waals surface area contributed by atoms with Gasteiger partial charge in [0.05, 0.1) is 6.61 Å². The Morgan fingerprint density at radius 3 is 2.36 bits per heavy atom. The third-order valence-electron chi connectivity index (χ3n) is 1.22. The van der Waals surface area contributed by atoms with Crippen LogP contribution in [-0.2, 0) is 9.53 Å². The fraction of sp³-hybridized carbons (Fsp3) is 0.375. The zero-order valence-electron chi connectivity index (χ0n) is 6.54. The van der Waals surface area contributed by atoms with Crippen LogP contribution >= 0.6 is 0 Å². The lowest BCUT2D eigenvalue weighted by molar-refractivity contribution is -0.155. The quantitative estimate of drug-likeness (QED) is 0.480. The molecule has 62 valence electrons. The Labute approximate surface area is 66.0 Å². The molecule has 0 radical (unpaired) electrons. The summed E-state index contributed by atoms with van der Waals surface area (Å²) in [6.07, 6.45) is 2.16. The maximum atomic E-state index is 10.9. The van der Waals surface area contributed by atoms with E-state index in [1.165, 1.54) is 0 Å². The molecule has 0 aromatic carbocycles. The number of carbonyl (C=O) groups excluding carboxylic acids is 1. The third kappa shape index (κ3) is 2.20. The van der Waals surface area contributed by atoms with Gasteiger partial charge in [-0.05, 0) is 19.1 Å². The van der Waals surface area contributed by atoms with E-state index in [9.17, 15) is 9.90 Å². The van der Waals surface area contributed by atoms with Gasteiger partial charge in [-0.1, -0.05) is 13.2 Å². The van der Waals surface area contributed by atoms with Gasteiger partial charge >= 0.3 is 5.97 Å². The molecule has 11 heavy (non-hydrogen) atoms. The van der Waals surface area contributed by atoms with Gasteiger partial charge in [0, 0.05) is 0 Å². The number of hydrogen-bond donors (Lipinski definition) is 1. The SMILES string of the molecule is C=CC(O)(C=C)C(=O)OCC. The second kappa shape index (κ2) is 3.93.